The zero-order valence-electron chi connectivity index (χ0n) is 13.4. The SMILES string of the molecule is Cc1c(S)c(C)c(C[B-](F)(F)F)c(C)c1C#C[Si](C)(C)C. The standard InChI is InChI=1S/C15H21BF3SSi/c1-10-13(7-8-21(4,5)6)11(2)15(20)12(3)14(10)9-16(17,18)19/h20H,9H2,1-6H3/q-1. The third-order valence-electron chi connectivity index (χ3n) is 3.36. The molecule has 0 atom stereocenters. The van der Waals surface area contributed by atoms with Crippen LogP contribution < -0.4 is 0 Å². The third kappa shape index (κ3) is 4.86. The average Bonchev–Trinajstić information content (AvgIpc) is 2.29. The van der Waals surface area contributed by atoms with E-state index in [0.717, 1.165) is 5.56 Å². The molecule has 0 spiro atoms. The van der Waals surface area contributed by atoms with Crippen molar-refractivity contribution in [2.24, 2.45) is 0 Å². The second-order valence-corrected chi connectivity index (χ2v) is 11.7. The molecular weight excluding hydrogens is 308 g/mol. The molecule has 0 heterocycles. The van der Waals surface area contributed by atoms with Gasteiger partial charge in [0.25, 0.3) is 0 Å². The smallest absolute Gasteiger partial charge is 0.449 e. The van der Waals surface area contributed by atoms with Crippen LogP contribution in [0.3, 0.4) is 0 Å². The highest BCUT2D eigenvalue weighted by Gasteiger charge is 2.27. The van der Waals surface area contributed by atoms with E-state index in [-0.39, 0.29) is 0 Å². The number of thiol groups is 1. The molecule has 6 heteroatoms. The van der Waals surface area contributed by atoms with Gasteiger partial charge in [-0.1, -0.05) is 37.4 Å². The molecule has 0 saturated heterocycles. The van der Waals surface area contributed by atoms with Gasteiger partial charge in [0.15, 0.2) is 0 Å². The van der Waals surface area contributed by atoms with E-state index in [2.05, 4.69) is 43.7 Å². The van der Waals surface area contributed by atoms with E-state index in [0.29, 0.717) is 27.1 Å². The molecule has 0 aromatic heterocycles. The summed E-state index contributed by atoms with van der Waals surface area (Å²) in [5, 5.41) is 0. The Bertz CT molecular complexity index is 619. The van der Waals surface area contributed by atoms with Crippen molar-refractivity contribution >= 4 is 27.7 Å². The van der Waals surface area contributed by atoms with Crippen LogP contribution in [0.15, 0.2) is 4.90 Å². The summed E-state index contributed by atoms with van der Waals surface area (Å²) in [5.41, 5.74) is 6.41. The maximum atomic E-state index is 12.8. The van der Waals surface area contributed by atoms with E-state index in [1.165, 1.54) is 0 Å². The molecule has 0 radical (unpaired) electrons. The Morgan fingerprint density at radius 3 is 1.95 bits per heavy atom. The van der Waals surface area contributed by atoms with E-state index in [9.17, 15) is 12.9 Å². The molecule has 0 amide bonds. The van der Waals surface area contributed by atoms with Crippen LogP contribution in [-0.2, 0) is 6.32 Å². The maximum absolute atomic E-state index is 12.8. The molecule has 0 unspecified atom stereocenters. The lowest BCUT2D eigenvalue weighted by atomic mass is 9.77. The molecular formula is C15H21BF3SSi-. The van der Waals surface area contributed by atoms with Crippen molar-refractivity contribution < 1.29 is 12.9 Å². The van der Waals surface area contributed by atoms with Crippen LogP contribution in [0.4, 0.5) is 12.9 Å². The molecule has 0 aliphatic rings. The highest BCUT2D eigenvalue weighted by molar-refractivity contribution is 7.80. The fourth-order valence-corrected chi connectivity index (χ4v) is 2.98. The van der Waals surface area contributed by atoms with Gasteiger partial charge in [-0.3, -0.25) is 0 Å². The van der Waals surface area contributed by atoms with E-state index >= 15 is 0 Å². The minimum absolute atomic E-state index is 0.331. The molecule has 1 rings (SSSR count). The van der Waals surface area contributed by atoms with Gasteiger partial charge in [-0.15, -0.1) is 18.2 Å². The van der Waals surface area contributed by atoms with E-state index < -0.39 is 21.4 Å². The average molecular weight is 329 g/mol. The van der Waals surface area contributed by atoms with Crippen molar-refractivity contribution in [1.82, 2.24) is 0 Å². The molecule has 0 N–H and O–H groups in total. The Hall–Kier alpha value is -0.798. The van der Waals surface area contributed by atoms with Crippen LogP contribution in [0.25, 0.3) is 0 Å². The van der Waals surface area contributed by atoms with Gasteiger partial charge in [-0.2, -0.15) is 0 Å². The number of rotatable bonds is 2. The summed E-state index contributed by atoms with van der Waals surface area (Å²) in [6.07, 6.45) is -0.868. The van der Waals surface area contributed by atoms with E-state index in [1.54, 1.807) is 13.8 Å². The minimum atomic E-state index is -4.87. The molecule has 0 fully saturated rings. The second kappa shape index (κ2) is 6.13. The predicted molar refractivity (Wildman–Crippen MR) is 90.9 cm³/mol. The maximum Gasteiger partial charge on any atom is 0.482 e. The summed E-state index contributed by atoms with van der Waals surface area (Å²) in [5.74, 6) is 3.12. The van der Waals surface area contributed by atoms with Crippen molar-refractivity contribution in [3.8, 4) is 11.5 Å². The fraction of sp³-hybridized carbons (Fsp3) is 0.467. The predicted octanol–water partition coefficient (Wildman–Crippen LogP) is 5.06. The molecule has 116 valence electrons. The summed E-state index contributed by atoms with van der Waals surface area (Å²) >= 11 is 4.40. The van der Waals surface area contributed by atoms with Gasteiger partial charge in [0.2, 0.25) is 0 Å². The van der Waals surface area contributed by atoms with Crippen LogP contribution in [0.2, 0.25) is 19.6 Å². The normalized spacial score (nSPS) is 12.1. The molecule has 0 aliphatic heterocycles. The van der Waals surface area contributed by atoms with Gasteiger partial charge in [0.05, 0.1) is 0 Å². The highest BCUT2D eigenvalue weighted by Crippen LogP contribution is 2.32. The Balaban J connectivity index is 3.55. The van der Waals surface area contributed by atoms with Gasteiger partial charge in [0, 0.05) is 10.5 Å². The van der Waals surface area contributed by atoms with Crippen LogP contribution in [0.5, 0.6) is 0 Å². The van der Waals surface area contributed by atoms with E-state index in [1.807, 2.05) is 6.92 Å². The molecule has 0 saturated carbocycles. The Labute approximate surface area is 132 Å². The van der Waals surface area contributed by atoms with Crippen LogP contribution in [0, 0.1) is 32.2 Å². The first-order valence-corrected chi connectivity index (χ1v) is 10.8. The minimum Gasteiger partial charge on any atom is -0.449 e. The number of benzene rings is 1. The van der Waals surface area contributed by atoms with Crippen molar-refractivity contribution in [3.63, 3.8) is 0 Å². The lowest BCUT2D eigenvalue weighted by molar-refractivity contribution is 0.467. The second-order valence-electron chi connectivity index (χ2n) is 6.49. The summed E-state index contributed by atoms with van der Waals surface area (Å²) in [6.45, 7) is 6.78. The van der Waals surface area contributed by atoms with Gasteiger partial charge in [0.1, 0.15) is 8.07 Å². The van der Waals surface area contributed by atoms with Crippen molar-refractivity contribution in [3.05, 3.63) is 27.8 Å². The summed E-state index contributed by atoms with van der Waals surface area (Å²) in [6, 6.07) is 0. The lowest BCUT2D eigenvalue weighted by Crippen LogP contribution is -2.21. The highest BCUT2D eigenvalue weighted by atomic mass is 32.1. The van der Waals surface area contributed by atoms with Gasteiger partial charge in [-0.25, -0.2) is 0 Å². The molecule has 0 bridgehead atoms. The Morgan fingerprint density at radius 2 is 1.52 bits per heavy atom. The fourth-order valence-electron chi connectivity index (χ4n) is 2.23. The topological polar surface area (TPSA) is 0 Å². The zero-order chi connectivity index (χ0) is 16.6. The number of hydrogen-bond acceptors (Lipinski definition) is 1. The first-order chi connectivity index (χ1) is 9.33. The van der Waals surface area contributed by atoms with Crippen molar-refractivity contribution in [1.29, 1.82) is 0 Å². The summed E-state index contributed by atoms with van der Waals surface area (Å²) in [4.78, 5) is 0.621. The number of hydrogen-bond donors (Lipinski definition) is 1. The summed E-state index contributed by atoms with van der Waals surface area (Å²) < 4.78 is 38.5. The zero-order valence-corrected chi connectivity index (χ0v) is 15.3. The van der Waals surface area contributed by atoms with Gasteiger partial charge >= 0.3 is 6.98 Å². The Kier molecular flexibility index (Phi) is 5.33. The van der Waals surface area contributed by atoms with E-state index in [4.69, 9.17) is 0 Å². The lowest BCUT2D eigenvalue weighted by Gasteiger charge is -2.22. The quantitative estimate of drug-likeness (QED) is 0.438. The Morgan fingerprint density at radius 1 is 1.00 bits per heavy atom. The molecule has 21 heavy (non-hydrogen) atoms. The largest absolute Gasteiger partial charge is 0.482 e. The molecule has 0 nitrogen and oxygen atoms in total. The van der Waals surface area contributed by atoms with Crippen molar-refractivity contribution in [2.75, 3.05) is 0 Å². The number of halogens is 3. The van der Waals surface area contributed by atoms with Gasteiger partial charge < -0.3 is 12.9 Å². The molecule has 0 aliphatic carbocycles. The monoisotopic (exact) mass is 329 g/mol. The summed E-state index contributed by atoms with van der Waals surface area (Å²) in [7, 11) is -1.59. The first kappa shape index (κ1) is 18.3. The van der Waals surface area contributed by atoms with Crippen LogP contribution >= 0.6 is 12.6 Å². The van der Waals surface area contributed by atoms with Crippen LogP contribution in [-0.4, -0.2) is 15.1 Å². The molecule has 1 aromatic rings. The molecule has 1 aromatic carbocycles. The third-order valence-corrected chi connectivity index (χ3v) is 4.91. The van der Waals surface area contributed by atoms with Crippen LogP contribution in [0.1, 0.15) is 27.8 Å². The first-order valence-electron chi connectivity index (χ1n) is 6.89. The van der Waals surface area contributed by atoms with Crippen molar-refractivity contribution in [2.45, 2.75) is 51.6 Å². The van der Waals surface area contributed by atoms with Gasteiger partial charge in [-0.05, 0) is 37.5 Å².